The van der Waals surface area contributed by atoms with Crippen molar-refractivity contribution in [2.45, 2.75) is 33.1 Å². The highest BCUT2D eigenvalue weighted by molar-refractivity contribution is 5.72. The van der Waals surface area contributed by atoms with E-state index < -0.39 is 0 Å². The number of carbonyl (C=O) groups is 1. The molecule has 2 aromatic carbocycles. The molecule has 138 valence electrons. The fraction of sp³-hybridized carbons (Fsp3) is 0.273. The van der Waals surface area contributed by atoms with E-state index in [1.54, 1.807) is 0 Å². The number of fused-ring (bicyclic) bond motifs is 1. The lowest BCUT2D eigenvalue weighted by Crippen LogP contribution is -2.33. The molecule has 0 unspecified atom stereocenters. The predicted octanol–water partition coefficient (Wildman–Crippen LogP) is 3.20. The van der Waals surface area contributed by atoms with E-state index in [4.69, 9.17) is 0 Å². The summed E-state index contributed by atoms with van der Waals surface area (Å²) in [7, 11) is 0. The van der Waals surface area contributed by atoms with Gasteiger partial charge in [0, 0.05) is 26.6 Å². The highest BCUT2D eigenvalue weighted by atomic mass is 16.1. The monoisotopic (exact) mass is 360 g/mol. The van der Waals surface area contributed by atoms with Crippen LogP contribution in [0, 0.1) is 0 Å². The minimum absolute atomic E-state index is 0.0263. The van der Waals surface area contributed by atoms with Crippen molar-refractivity contribution >= 4 is 5.91 Å². The van der Waals surface area contributed by atoms with Gasteiger partial charge in [-0.05, 0) is 22.8 Å². The molecule has 1 aliphatic heterocycles. The molecule has 0 atom stereocenters. The molecule has 0 saturated carbocycles. The lowest BCUT2D eigenvalue weighted by molar-refractivity contribution is -0.119. The van der Waals surface area contributed by atoms with Crippen molar-refractivity contribution in [2.75, 3.05) is 6.54 Å². The van der Waals surface area contributed by atoms with Crippen LogP contribution in [0.15, 0.2) is 60.7 Å². The van der Waals surface area contributed by atoms with Crippen LogP contribution in [0.1, 0.15) is 23.9 Å². The van der Waals surface area contributed by atoms with Crippen molar-refractivity contribution in [2.24, 2.45) is 0 Å². The summed E-state index contributed by atoms with van der Waals surface area (Å²) in [6, 6.07) is 21.4. The van der Waals surface area contributed by atoms with Crippen molar-refractivity contribution in [3.05, 3.63) is 77.6 Å². The zero-order valence-electron chi connectivity index (χ0n) is 15.6. The number of aromatic nitrogens is 2. The van der Waals surface area contributed by atoms with Gasteiger partial charge < -0.3 is 5.32 Å². The fourth-order valence-corrected chi connectivity index (χ4v) is 3.51. The van der Waals surface area contributed by atoms with Crippen LogP contribution >= 0.6 is 0 Å². The Bertz CT molecular complexity index is 915. The van der Waals surface area contributed by atoms with Crippen molar-refractivity contribution in [3.8, 4) is 11.1 Å². The third-order valence-corrected chi connectivity index (χ3v) is 4.91. The summed E-state index contributed by atoms with van der Waals surface area (Å²) in [6.45, 7) is 5.71. The highest BCUT2D eigenvalue weighted by Gasteiger charge is 2.18. The SMILES string of the molecule is CC(=O)NCc1cc2n(n1)CCN(Cc1ccc(-c3ccccc3)cc1)C2. The second-order valence-corrected chi connectivity index (χ2v) is 7.03. The molecular weight excluding hydrogens is 336 g/mol. The summed E-state index contributed by atoms with van der Waals surface area (Å²) in [5, 5.41) is 7.40. The summed E-state index contributed by atoms with van der Waals surface area (Å²) in [5.41, 5.74) is 5.95. The van der Waals surface area contributed by atoms with Gasteiger partial charge in [-0.1, -0.05) is 54.6 Å². The summed E-state index contributed by atoms with van der Waals surface area (Å²) < 4.78 is 2.06. The number of carbonyl (C=O) groups excluding carboxylic acids is 1. The van der Waals surface area contributed by atoms with Gasteiger partial charge in [-0.3, -0.25) is 14.4 Å². The summed E-state index contributed by atoms with van der Waals surface area (Å²) in [4.78, 5) is 13.5. The standard InChI is InChI=1S/C22H24N4O/c1-17(27)23-14-21-13-22-16-25(11-12-26(22)24-21)15-18-7-9-20(10-8-18)19-5-3-2-4-6-19/h2-10,13H,11-12,14-16H2,1H3,(H,23,27). The molecule has 1 aliphatic rings. The van der Waals surface area contributed by atoms with Crippen LogP contribution in [0.4, 0.5) is 0 Å². The van der Waals surface area contributed by atoms with Gasteiger partial charge in [0.2, 0.25) is 5.91 Å². The Morgan fingerprint density at radius 1 is 1.04 bits per heavy atom. The number of amides is 1. The first kappa shape index (κ1) is 17.5. The van der Waals surface area contributed by atoms with Crippen molar-refractivity contribution < 1.29 is 4.79 Å². The molecule has 0 fully saturated rings. The van der Waals surface area contributed by atoms with Gasteiger partial charge >= 0.3 is 0 Å². The Hall–Kier alpha value is -2.92. The minimum atomic E-state index is -0.0263. The average Bonchev–Trinajstić information content (AvgIpc) is 3.10. The third kappa shape index (κ3) is 4.26. The number of benzene rings is 2. The molecule has 0 spiro atoms. The van der Waals surface area contributed by atoms with Crippen LogP contribution in [0.25, 0.3) is 11.1 Å². The lowest BCUT2D eigenvalue weighted by atomic mass is 10.0. The molecule has 1 amide bonds. The first-order valence-electron chi connectivity index (χ1n) is 9.34. The van der Waals surface area contributed by atoms with Gasteiger partial charge in [-0.15, -0.1) is 0 Å². The summed E-state index contributed by atoms with van der Waals surface area (Å²) >= 11 is 0. The van der Waals surface area contributed by atoms with Crippen LogP contribution < -0.4 is 5.32 Å². The normalized spacial score (nSPS) is 14.0. The van der Waals surface area contributed by atoms with Gasteiger partial charge in [0.15, 0.2) is 0 Å². The molecule has 27 heavy (non-hydrogen) atoms. The number of rotatable bonds is 5. The second kappa shape index (κ2) is 7.76. The molecule has 0 radical (unpaired) electrons. The second-order valence-electron chi connectivity index (χ2n) is 7.03. The van der Waals surface area contributed by atoms with Gasteiger partial charge in [0.25, 0.3) is 0 Å². The van der Waals surface area contributed by atoms with Crippen molar-refractivity contribution in [1.29, 1.82) is 0 Å². The predicted molar refractivity (Wildman–Crippen MR) is 106 cm³/mol. The van der Waals surface area contributed by atoms with Crippen LogP contribution in [-0.4, -0.2) is 27.1 Å². The summed E-state index contributed by atoms with van der Waals surface area (Å²) in [5.74, 6) is -0.0263. The molecule has 5 heteroatoms. The van der Waals surface area contributed by atoms with E-state index in [1.165, 1.54) is 29.3 Å². The molecular formula is C22H24N4O. The van der Waals surface area contributed by atoms with E-state index in [9.17, 15) is 4.79 Å². The topological polar surface area (TPSA) is 50.2 Å². The molecule has 3 aromatic rings. The number of nitrogens with zero attached hydrogens (tertiary/aromatic N) is 3. The molecule has 0 bridgehead atoms. The highest BCUT2D eigenvalue weighted by Crippen LogP contribution is 2.21. The van der Waals surface area contributed by atoms with Gasteiger partial charge in [0.1, 0.15) is 0 Å². The third-order valence-electron chi connectivity index (χ3n) is 4.91. The molecule has 4 rings (SSSR count). The minimum Gasteiger partial charge on any atom is -0.351 e. The lowest BCUT2D eigenvalue weighted by Gasteiger charge is -2.27. The molecule has 1 N–H and O–H groups in total. The Kier molecular flexibility index (Phi) is 5.03. The molecule has 2 heterocycles. The zero-order valence-corrected chi connectivity index (χ0v) is 15.6. The largest absolute Gasteiger partial charge is 0.351 e. The molecule has 0 aliphatic carbocycles. The van der Waals surface area contributed by atoms with Crippen LogP contribution in [0.2, 0.25) is 0 Å². The quantitative estimate of drug-likeness (QED) is 0.760. The van der Waals surface area contributed by atoms with Crippen molar-refractivity contribution in [1.82, 2.24) is 20.0 Å². The molecule has 5 nitrogen and oxygen atoms in total. The first-order valence-corrected chi connectivity index (χ1v) is 9.34. The summed E-state index contributed by atoms with van der Waals surface area (Å²) in [6.07, 6.45) is 0. The first-order chi connectivity index (χ1) is 13.2. The van der Waals surface area contributed by atoms with Gasteiger partial charge in [-0.25, -0.2) is 0 Å². The van der Waals surface area contributed by atoms with Crippen LogP contribution in [-0.2, 0) is 31.0 Å². The number of nitrogens with one attached hydrogen (secondary N) is 1. The zero-order chi connectivity index (χ0) is 18.6. The average molecular weight is 360 g/mol. The maximum atomic E-state index is 11.1. The van der Waals surface area contributed by atoms with E-state index in [1.807, 2.05) is 6.07 Å². The van der Waals surface area contributed by atoms with Crippen molar-refractivity contribution in [3.63, 3.8) is 0 Å². The van der Waals surface area contributed by atoms with Crippen LogP contribution in [0.3, 0.4) is 0 Å². The van der Waals surface area contributed by atoms with Gasteiger partial charge in [0.05, 0.1) is 24.5 Å². The smallest absolute Gasteiger partial charge is 0.217 e. The van der Waals surface area contributed by atoms with E-state index >= 15 is 0 Å². The number of hydrogen-bond acceptors (Lipinski definition) is 3. The molecule has 1 aromatic heterocycles. The Balaban J connectivity index is 1.39. The Morgan fingerprint density at radius 3 is 2.52 bits per heavy atom. The molecule has 0 saturated heterocycles. The van der Waals surface area contributed by atoms with E-state index in [0.29, 0.717) is 6.54 Å². The van der Waals surface area contributed by atoms with Gasteiger partial charge in [-0.2, -0.15) is 5.10 Å². The maximum Gasteiger partial charge on any atom is 0.217 e. The van der Waals surface area contributed by atoms with E-state index in [2.05, 4.69) is 74.6 Å². The van der Waals surface area contributed by atoms with E-state index in [0.717, 1.165) is 31.9 Å². The van der Waals surface area contributed by atoms with Crippen LogP contribution in [0.5, 0.6) is 0 Å². The Morgan fingerprint density at radius 2 is 1.78 bits per heavy atom. The maximum absolute atomic E-state index is 11.1. The van der Waals surface area contributed by atoms with E-state index in [-0.39, 0.29) is 5.91 Å². The fourth-order valence-electron chi connectivity index (χ4n) is 3.51. The number of hydrogen-bond donors (Lipinski definition) is 1. The Labute approximate surface area is 159 Å².